The monoisotopic (exact) mass is 314 g/mol. The lowest BCUT2D eigenvalue weighted by molar-refractivity contribution is -0.389. The summed E-state index contributed by atoms with van der Waals surface area (Å²) in [4.78, 5) is 13.5. The lowest BCUT2D eigenvalue weighted by Gasteiger charge is -2.34. The fraction of sp³-hybridized carbons (Fsp3) is 0.583. The molecule has 0 bridgehead atoms. The van der Waals surface area contributed by atoms with Crippen molar-refractivity contribution < 1.29 is 13.3 Å². The van der Waals surface area contributed by atoms with Crippen LogP contribution in [0.25, 0.3) is 0 Å². The summed E-state index contributed by atoms with van der Waals surface area (Å²) in [6.45, 7) is 0.874. The van der Waals surface area contributed by atoms with Crippen LogP contribution in [0.1, 0.15) is 25.7 Å². The number of hydrogen-bond acceptors (Lipinski definition) is 6. The number of pyridine rings is 1. The summed E-state index contributed by atoms with van der Waals surface area (Å²) in [5, 5.41) is 10.6. The summed E-state index contributed by atoms with van der Waals surface area (Å²) in [5.41, 5.74) is 5.55. The van der Waals surface area contributed by atoms with E-state index in [-0.39, 0.29) is 16.8 Å². The van der Waals surface area contributed by atoms with Gasteiger partial charge >= 0.3 is 5.82 Å². The summed E-state index contributed by atoms with van der Waals surface area (Å²) < 4.78 is 26.7. The van der Waals surface area contributed by atoms with Crippen LogP contribution in [0.2, 0.25) is 0 Å². The van der Waals surface area contributed by atoms with Crippen molar-refractivity contribution >= 4 is 15.8 Å². The minimum Gasteiger partial charge on any atom is -0.358 e. The Morgan fingerprint density at radius 3 is 2.76 bits per heavy atom. The first-order chi connectivity index (χ1) is 9.96. The van der Waals surface area contributed by atoms with Crippen molar-refractivity contribution in [1.82, 2.24) is 9.29 Å². The molecule has 1 aliphatic heterocycles. The molecule has 0 amide bonds. The van der Waals surface area contributed by atoms with E-state index in [1.54, 1.807) is 0 Å². The third-order valence-electron chi connectivity index (χ3n) is 3.59. The maximum absolute atomic E-state index is 12.6. The zero-order chi connectivity index (χ0) is 15.5. The Hall–Kier alpha value is -1.58. The first-order valence-corrected chi connectivity index (χ1v) is 8.23. The van der Waals surface area contributed by atoms with E-state index in [1.807, 2.05) is 0 Å². The van der Waals surface area contributed by atoms with E-state index >= 15 is 0 Å². The molecule has 1 unspecified atom stereocenters. The number of nitrogens with zero attached hydrogens (tertiary/aromatic N) is 3. The predicted octanol–water partition coefficient (Wildman–Crippen LogP) is 0.882. The molecule has 1 aliphatic rings. The lowest BCUT2D eigenvalue weighted by Crippen LogP contribution is -2.44. The van der Waals surface area contributed by atoms with Crippen LogP contribution >= 0.6 is 0 Å². The van der Waals surface area contributed by atoms with Crippen LogP contribution in [-0.2, 0) is 10.0 Å². The topological polar surface area (TPSA) is 119 Å². The van der Waals surface area contributed by atoms with Gasteiger partial charge in [0.05, 0.1) is 0 Å². The van der Waals surface area contributed by atoms with Crippen molar-refractivity contribution in [3.63, 3.8) is 0 Å². The van der Waals surface area contributed by atoms with E-state index in [1.165, 1.54) is 10.4 Å². The first-order valence-electron chi connectivity index (χ1n) is 6.79. The van der Waals surface area contributed by atoms with Crippen molar-refractivity contribution in [3.8, 4) is 0 Å². The summed E-state index contributed by atoms with van der Waals surface area (Å²) in [6, 6.07) is 2.23. The summed E-state index contributed by atoms with van der Waals surface area (Å²) in [7, 11) is -3.68. The second-order valence-corrected chi connectivity index (χ2v) is 6.84. The van der Waals surface area contributed by atoms with Crippen molar-refractivity contribution in [1.29, 1.82) is 0 Å². The van der Waals surface area contributed by atoms with Gasteiger partial charge in [0.2, 0.25) is 10.0 Å². The highest BCUT2D eigenvalue weighted by atomic mass is 32.2. The quantitative estimate of drug-likeness (QED) is 0.636. The van der Waals surface area contributed by atoms with Gasteiger partial charge in [-0.1, -0.05) is 6.42 Å². The zero-order valence-corrected chi connectivity index (χ0v) is 12.3. The van der Waals surface area contributed by atoms with Crippen LogP contribution in [0.5, 0.6) is 0 Å². The maximum Gasteiger partial charge on any atom is 0.363 e. The number of rotatable bonds is 5. The van der Waals surface area contributed by atoms with Gasteiger partial charge < -0.3 is 15.8 Å². The second-order valence-electron chi connectivity index (χ2n) is 4.95. The largest absolute Gasteiger partial charge is 0.363 e. The molecule has 8 nitrogen and oxygen atoms in total. The third kappa shape index (κ3) is 3.36. The van der Waals surface area contributed by atoms with Crippen molar-refractivity contribution in [3.05, 3.63) is 28.4 Å². The third-order valence-corrected chi connectivity index (χ3v) is 5.52. The molecule has 2 N–H and O–H groups in total. The SMILES string of the molecule is NCCC1CCCCN1S(=O)(=O)c1ccc([N+](=O)[O-])nc1. The average Bonchev–Trinajstić information content (AvgIpc) is 2.48. The van der Waals surface area contributed by atoms with E-state index in [9.17, 15) is 18.5 Å². The molecule has 9 heteroatoms. The van der Waals surface area contributed by atoms with Gasteiger partial charge in [0.1, 0.15) is 4.90 Å². The van der Waals surface area contributed by atoms with Gasteiger partial charge in [-0.05, 0) is 41.8 Å². The Balaban J connectivity index is 2.28. The molecule has 2 heterocycles. The Morgan fingerprint density at radius 2 is 2.19 bits per heavy atom. The molecule has 21 heavy (non-hydrogen) atoms. The molecule has 116 valence electrons. The fourth-order valence-electron chi connectivity index (χ4n) is 2.54. The summed E-state index contributed by atoms with van der Waals surface area (Å²) in [5.74, 6) is -0.369. The van der Waals surface area contributed by atoms with Gasteiger partial charge in [-0.15, -0.1) is 0 Å². The van der Waals surface area contributed by atoms with Crippen LogP contribution in [0, 0.1) is 10.1 Å². The number of sulfonamides is 1. The molecule has 0 saturated carbocycles. The second kappa shape index (κ2) is 6.46. The van der Waals surface area contributed by atoms with Gasteiger partial charge in [-0.2, -0.15) is 4.31 Å². The molecular formula is C12H18N4O4S. The van der Waals surface area contributed by atoms with Crippen LogP contribution in [0.15, 0.2) is 23.2 Å². The molecular weight excluding hydrogens is 296 g/mol. The number of nitrogens with two attached hydrogens (primary N) is 1. The smallest absolute Gasteiger partial charge is 0.358 e. The molecule has 0 aromatic carbocycles. The van der Waals surface area contributed by atoms with Gasteiger partial charge in [0.25, 0.3) is 0 Å². The predicted molar refractivity (Wildman–Crippen MR) is 76.1 cm³/mol. The van der Waals surface area contributed by atoms with E-state index < -0.39 is 14.9 Å². The number of nitro groups is 1. The highest BCUT2D eigenvalue weighted by Crippen LogP contribution is 2.27. The molecule has 0 aliphatic carbocycles. The van der Waals surface area contributed by atoms with E-state index in [0.29, 0.717) is 19.5 Å². The highest BCUT2D eigenvalue weighted by Gasteiger charge is 2.33. The fourth-order valence-corrected chi connectivity index (χ4v) is 4.21. The number of piperidine rings is 1. The molecule has 1 saturated heterocycles. The maximum atomic E-state index is 12.6. The highest BCUT2D eigenvalue weighted by molar-refractivity contribution is 7.89. The average molecular weight is 314 g/mol. The molecule has 0 radical (unpaired) electrons. The molecule has 1 fully saturated rings. The van der Waals surface area contributed by atoms with E-state index in [2.05, 4.69) is 4.98 Å². The molecule has 1 aromatic heterocycles. The van der Waals surface area contributed by atoms with Crippen molar-refractivity contribution in [2.24, 2.45) is 5.73 Å². The molecule has 0 spiro atoms. The van der Waals surface area contributed by atoms with Crippen molar-refractivity contribution in [2.45, 2.75) is 36.6 Å². The first kappa shape index (κ1) is 15.8. The van der Waals surface area contributed by atoms with Crippen molar-refractivity contribution in [2.75, 3.05) is 13.1 Å². The van der Waals surface area contributed by atoms with Gasteiger partial charge in [0, 0.05) is 18.7 Å². The number of hydrogen-bond donors (Lipinski definition) is 1. The molecule has 2 rings (SSSR count). The Labute approximate surface area is 123 Å². The van der Waals surface area contributed by atoms with E-state index in [4.69, 9.17) is 5.73 Å². The standard InChI is InChI=1S/C12H18N4O4S/c13-7-6-10-3-1-2-8-15(10)21(19,20)11-4-5-12(14-9-11)16(17)18/h4-5,9-10H,1-3,6-8,13H2. The Kier molecular flexibility index (Phi) is 4.86. The zero-order valence-electron chi connectivity index (χ0n) is 11.5. The van der Waals surface area contributed by atoms with Gasteiger partial charge in [-0.3, -0.25) is 0 Å². The van der Waals surface area contributed by atoms with Crippen LogP contribution in [0.3, 0.4) is 0 Å². The van der Waals surface area contributed by atoms with Crippen LogP contribution < -0.4 is 5.73 Å². The summed E-state index contributed by atoms with van der Waals surface area (Å²) >= 11 is 0. The summed E-state index contributed by atoms with van der Waals surface area (Å²) in [6.07, 6.45) is 4.23. The Bertz CT molecular complexity index is 600. The molecule has 1 aromatic rings. The van der Waals surface area contributed by atoms with Crippen LogP contribution in [0.4, 0.5) is 5.82 Å². The lowest BCUT2D eigenvalue weighted by atomic mass is 10.0. The normalized spacial score (nSPS) is 20.3. The Morgan fingerprint density at radius 1 is 1.43 bits per heavy atom. The van der Waals surface area contributed by atoms with E-state index in [0.717, 1.165) is 31.5 Å². The minimum atomic E-state index is -3.68. The molecule has 1 atom stereocenters. The van der Waals surface area contributed by atoms with Gasteiger partial charge in [0.15, 0.2) is 6.20 Å². The van der Waals surface area contributed by atoms with Crippen LogP contribution in [-0.4, -0.2) is 41.8 Å². The minimum absolute atomic E-state index is 0.0166. The van der Waals surface area contributed by atoms with Gasteiger partial charge in [-0.25, -0.2) is 8.42 Å². The number of aromatic nitrogens is 1.